The van der Waals surface area contributed by atoms with Gasteiger partial charge >= 0.3 is 7.82 Å². The van der Waals surface area contributed by atoms with E-state index in [1.165, 1.54) is 0 Å². The van der Waals surface area contributed by atoms with Crippen LogP contribution in [-0.2, 0) is 28.5 Å². The number of amides is 1. The molecule has 0 saturated carbocycles. The number of phosphoric acid groups is 1. The Kier molecular flexibility index (Phi) is 9.92. The zero-order valence-corrected chi connectivity index (χ0v) is 21.4. The van der Waals surface area contributed by atoms with Gasteiger partial charge in [0.2, 0.25) is 0 Å². The van der Waals surface area contributed by atoms with Gasteiger partial charge in [-0.1, -0.05) is 70.4 Å². The van der Waals surface area contributed by atoms with Crippen molar-refractivity contribution in [1.29, 1.82) is 0 Å². The number of aromatic nitrogens is 1. The summed E-state index contributed by atoms with van der Waals surface area (Å²) in [6.07, 6.45) is 4.00. The van der Waals surface area contributed by atoms with Crippen LogP contribution < -0.4 is 5.73 Å². The summed E-state index contributed by atoms with van der Waals surface area (Å²) < 4.78 is 17.9. The Morgan fingerprint density at radius 1 is 1.12 bits per heavy atom. The average molecular weight is 479 g/mol. The molecule has 0 bridgehead atoms. The molecule has 0 fully saturated rings. The first-order chi connectivity index (χ1) is 15.4. The second-order valence-electron chi connectivity index (χ2n) is 9.40. The number of nitrogens with two attached hydrogens (primary N) is 1. The summed E-state index contributed by atoms with van der Waals surface area (Å²) in [4.78, 5) is 30.9. The number of phosphoric ester groups is 1. The first-order valence-corrected chi connectivity index (χ1v) is 13.3. The predicted octanol–water partition coefficient (Wildman–Crippen LogP) is 5.24. The van der Waals surface area contributed by atoms with Crippen LogP contribution in [0.15, 0.2) is 24.3 Å². The molecular formula is C25H39N2O5P. The number of carbonyl (C=O) groups is 1. The van der Waals surface area contributed by atoms with Crippen LogP contribution >= 0.6 is 7.82 Å². The Morgan fingerprint density at radius 2 is 1.76 bits per heavy atom. The third kappa shape index (κ3) is 7.82. The molecule has 0 aliphatic rings. The lowest BCUT2D eigenvalue weighted by molar-refractivity contribution is 0.0999. The highest BCUT2D eigenvalue weighted by Gasteiger charge is 2.28. The van der Waals surface area contributed by atoms with Crippen LogP contribution in [-0.4, -0.2) is 26.9 Å². The molecule has 0 saturated heterocycles. The fourth-order valence-corrected chi connectivity index (χ4v) is 4.80. The largest absolute Gasteiger partial charge is 0.469 e. The van der Waals surface area contributed by atoms with Crippen molar-refractivity contribution in [3.05, 3.63) is 46.8 Å². The zero-order chi connectivity index (χ0) is 24.8. The maximum absolute atomic E-state index is 12.8. The van der Waals surface area contributed by atoms with E-state index in [0.717, 1.165) is 47.3 Å². The van der Waals surface area contributed by atoms with Gasteiger partial charge in [0.1, 0.15) is 0 Å². The molecule has 0 aliphatic heterocycles. The molecule has 184 valence electrons. The van der Waals surface area contributed by atoms with Gasteiger partial charge in [-0.25, -0.2) is 4.57 Å². The van der Waals surface area contributed by atoms with Crippen molar-refractivity contribution in [3.63, 3.8) is 0 Å². The molecule has 0 spiro atoms. The van der Waals surface area contributed by atoms with E-state index in [0.29, 0.717) is 36.8 Å². The van der Waals surface area contributed by atoms with E-state index < -0.39 is 13.7 Å². The first-order valence-electron chi connectivity index (χ1n) is 11.8. The summed E-state index contributed by atoms with van der Waals surface area (Å²) in [6, 6.07) is 8.14. The molecule has 2 rings (SSSR count). The number of benzene rings is 1. The van der Waals surface area contributed by atoms with Crippen LogP contribution in [0.2, 0.25) is 0 Å². The van der Waals surface area contributed by atoms with E-state index in [1.807, 2.05) is 31.2 Å². The minimum atomic E-state index is -4.52. The predicted molar refractivity (Wildman–Crippen MR) is 132 cm³/mol. The van der Waals surface area contributed by atoms with Gasteiger partial charge in [0.05, 0.1) is 12.2 Å². The minimum Gasteiger partial charge on any atom is -0.366 e. The fraction of sp³-hybridized carbons (Fsp3) is 0.560. The van der Waals surface area contributed by atoms with Crippen molar-refractivity contribution in [3.8, 4) is 11.1 Å². The molecule has 2 aromatic rings. The summed E-state index contributed by atoms with van der Waals surface area (Å²) in [6.45, 7) is 11.0. The van der Waals surface area contributed by atoms with Crippen molar-refractivity contribution >= 4 is 13.7 Å². The highest BCUT2D eigenvalue weighted by Crippen LogP contribution is 2.38. The molecule has 0 radical (unpaired) electrons. The molecule has 1 aromatic heterocycles. The number of aryl methyl sites for hydroxylation is 1. The van der Waals surface area contributed by atoms with E-state index in [-0.39, 0.29) is 6.61 Å². The standard InChI is InChI=1S/C25H39N2O5P/c1-6-8-19(5)16-22-23(20-11-9-18(4)10-12-20)24(25(26)28)21(15-17(2)3)27(22)13-7-14-32-33(29,30)31/h9-12,17,19H,6-8,13-16H2,1-5H3,(H2,26,28)(H2,29,30,31). The van der Waals surface area contributed by atoms with Gasteiger partial charge in [0.25, 0.3) is 5.91 Å². The second kappa shape index (κ2) is 12.0. The number of primary amides is 1. The number of rotatable bonds is 13. The molecule has 1 amide bonds. The lowest BCUT2D eigenvalue weighted by atomic mass is 9.92. The van der Waals surface area contributed by atoms with Crippen molar-refractivity contribution in [2.24, 2.45) is 17.6 Å². The molecular weight excluding hydrogens is 439 g/mol. The van der Waals surface area contributed by atoms with E-state index >= 15 is 0 Å². The number of nitrogens with zero attached hydrogens (tertiary/aromatic N) is 1. The van der Waals surface area contributed by atoms with Crippen molar-refractivity contribution in [2.75, 3.05) is 6.61 Å². The van der Waals surface area contributed by atoms with E-state index in [4.69, 9.17) is 15.5 Å². The Bertz CT molecular complexity index is 976. The quantitative estimate of drug-likeness (QED) is 0.269. The Balaban J connectivity index is 2.67. The summed E-state index contributed by atoms with van der Waals surface area (Å²) in [5.41, 5.74) is 11.5. The molecule has 33 heavy (non-hydrogen) atoms. The van der Waals surface area contributed by atoms with Gasteiger partial charge in [-0.2, -0.15) is 0 Å². The second-order valence-corrected chi connectivity index (χ2v) is 10.6. The van der Waals surface area contributed by atoms with Crippen LogP contribution in [0.1, 0.15) is 74.3 Å². The van der Waals surface area contributed by atoms with E-state index in [2.05, 4.69) is 36.8 Å². The van der Waals surface area contributed by atoms with Crippen LogP contribution in [0.3, 0.4) is 0 Å². The van der Waals surface area contributed by atoms with E-state index in [1.54, 1.807) is 0 Å². The molecule has 1 heterocycles. The number of carbonyl (C=O) groups excluding carboxylic acids is 1. The smallest absolute Gasteiger partial charge is 0.366 e. The van der Waals surface area contributed by atoms with Crippen molar-refractivity contribution in [2.45, 2.75) is 73.3 Å². The fourth-order valence-electron chi connectivity index (χ4n) is 4.43. The van der Waals surface area contributed by atoms with Crippen LogP contribution in [0, 0.1) is 18.8 Å². The normalized spacial score (nSPS) is 13.0. The number of hydrogen-bond donors (Lipinski definition) is 3. The molecule has 1 aromatic carbocycles. The van der Waals surface area contributed by atoms with Gasteiger partial charge in [0.15, 0.2) is 0 Å². The summed E-state index contributed by atoms with van der Waals surface area (Å²) in [5, 5.41) is 0. The molecule has 4 N–H and O–H groups in total. The van der Waals surface area contributed by atoms with Crippen molar-refractivity contribution < 1.29 is 23.7 Å². The topological polar surface area (TPSA) is 115 Å². The maximum Gasteiger partial charge on any atom is 0.469 e. The van der Waals surface area contributed by atoms with Crippen molar-refractivity contribution in [1.82, 2.24) is 4.57 Å². The average Bonchev–Trinajstić information content (AvgIpc) is 2.98. The molecule has 1 unspecified atom stereocenters. The lowest BCUT2D eigenvalue weighted by Gasteiger charge is -2.18. The van der Waals surface area contributed by atoms with Gasteiger partial charge in [0, 0.05) is 23.5 Å². The maximum atomic E-state index is 12.8. The summed E-state index contributed by atoms with van der Waals surface area (Å²) >= 11 is 0. The Labute approximate surface area is 197 Å². The van der Waals surface area contributed by atoms with Gasteiger partial charge < -0.3 is 20.1 Å². The van der Waals surface area contributed by atoms with Crippen LogP contribution in [0.5, 0.6) is 0 Å². The third-order valence-electron chi connectivity index (χ3n) is 5.78. The third-order valence-corrected chi connectivity index (χ3v) is 6.29. The summed E-state index contributed by atoms with van der Waals surface area (Å²) in [5.74, 6) is 0.262. The van der Waals surface area contributed by atoms with Crippen LogP contribution in [0.25, 0.3) is 11.1 Å². The SMILES string of the molecule is CCCC(C)Cc1c(-c2ccc(C)cc2)c(C(N)=O)c(CC(C)C)n1CCCOP(=O)(O)O. The molecule has 7 nitrogen and oxygen atoms in total. The lowest BCUT2D eigenvalue weighted by Crippen LogP contribution is -2.17. The first kappa shape index (κ1) is 27.3. The zero-order valence-electron chi connectivity index (χ0n) is 20.5. The minimum absolute atomic E-state index is 0.0701. The highest BCUT2D eigenvalue weighted by atomic mass is 31.2. The summed E-state index contributed by atoms with van der Waals surface area (Å²) in [7, 11) is -4.52. The molecule has 1 atom stereocenters. The number of hydrogen-bond acceptors (Lipinski definition) is 3. The highest BCUT2D eigenvalue weighted by molar-refractivity contribution is 7.46. The van der Waals surface area contributed by atoms with Gasteiger partial charge in [-0.05, 0) is 43.6 Å². The molecule has 0 aliphatic carbocycles. The monoisotopic (exact) mass is 478 g/mol. The van der Waals surface area contributed by atoms with Crippen LogP contribution in [0.4, 0.5) is 0 Å². The Morgan fingerprint density at radius 3 is 2.27 bits per heavy atom. The molecule has 8 heteroatoms. The van der Waals surface area contributed by atoms with E-state index in [9.17, 15) is 9.36 Å². The van der Waals surface area contributed by atoms with Gasteiger partial charge in [-0.15, -0.1) is 0 Å². The van der Waals surface area contributed by atoms with Gasteiger partial charge in [-0.3, -0.25) is 9.32 Å². The Hall–Kier alpha value is -1.92.